The van der Waals surface area contributed by atoms with Gasteiger partial charge in [0.05, 0.1) is 42.1 Å². The third kappa shape index (κ3) is 4.87. The van der Waals surface area contributed by atoms with Crippen LogP contribution in [0.4, 0.5) is 0 Å². The van der Waals surface area contributed by atoms with Crippen LogP contribution in [0.1, 0.15) is 89.5 Å². The van der Waals surface area contributed by atoms with Crippen LogP contribution in [0.3, 0.4) is 0 Å². The van der Waals surface area contributed by atoms with Gasteiger partial charge in [0.15, 0.2) is 12.1 Å². The first-order chi connectivity index (χ1) is 19.3. The molecule has 0 amide bonds. The summed E-state index contributed by atoms with van der Waals surface area (Å²) in [6.45, 7) is 3.41. The highest BCUT2D eigenvalue weighted by atomic mass is 35.5. The van der Waals surface area contributed by atoms with Crippen molar-refractivity contribution in [2.45, 2.75) is 75.3 Å². The molecular weight excluding hydrogens is 570 g/mol. The molecule has 0 aromatic heterocycles. The van der Waals surface area contributed by atoms with E-state index in [1.807, 2.05) is 19.0 Å². The fourth-order valence-electron chi connectivity index (χ4n) is 6.50. The molecule has 4 N–H and O–H groups in total. The molecule has 2 aromatic rings. The van der Waals surface area contributed by atoms with Crippen molar-refractivity contribution >= 4 is 29.9 Å². The number of carbonyl (C=O) groups excluding carboxylic acids is 3. The number of phenolic OH excluding ortho intramolecular Hbond substituents is 2. The molecule has 1 heterocycles. The summed E-state index contributed by atoms with van der Waals surface area (Å²) in [6.07, 6.45) is -3.09. The molecule has 42 heavy (non-hydrogen) atoms. The lowest BCUT2D eigenvalue weighted by Gasteiger charge is -2.46. The Morgan fingerprint density at radius 1 is 1.17 bits per heavy atom. The van der Waals surface area contributed by atoms with E-state index in [1.54, 1.807) is 13.8 Å². The van der Waals surface area contributed by atoms with Crippen molar-refractivity contribution < 1.29 is 50.4 Å². The number of likely N-dealkylation sites (N-methyl/N-ethyl adjacent to an activating group) is 1. The summed E-state index contributed by atoms with van der Waals surface area (Å²) in [5.41, 5.74) is -2.27. The summed E-state index contributed by atoms with van der Waals surface area (Å²) >= 11 is 0. The average molecular weight is 608 g/mol. The van der Waals surface area contributed by atoms with Crippen molar-refractivity contribution in [3.63, 3.8) is 0 Å². The maximum Gasteiger partial charge on any atom is 0.316 e. The molecule has 0 radical (unpaired) electrons. The number of halogens is 1. The van der Waals surface area contributed by atoms with Crippen molar-refractivity contribution in [2.75, 3.05) is 21.2 Å². The number of fused-ring (bicyclic) bond motifs is 3. The number of aliphatic hydroxyl groups excluding tert-OH is 1. The Morgan fingerprint density at radius 2 is 1.86 bits per heavy atom. The van der Waals surface area contributed by atoms with Crippen LogP contribution in [0.5, 0.6) is 11.5 Å². The average Bonchev–Trinajstić information content (AvgIpc) is 2.92. The van der Waals surface area contributed by atoms with E-state index in [2.05, 4.69) is 0 Å². The molecule has 11 nitrogen and oxygen atoms in total. The lowest BCUT2D eigenvalue weighted by Crippen LogP contribution is -2.54. The van der Waals surface area contributed by atoms with Gasteiger partial charge in [-0.25, -0.2) is 0 Å². The molecule has 2 aromatic carbocycles. The van der Waals surface area contributed by atoms with E-state index < -0.39 is 65.2 Å². The number of aliphatic hydroxyl groups is 2. The molecule has 0 bridgehead atoms. The Morgan fingerprint density at radius 3 is 2.48 bits per heavy atom. The van der Waals surface area contributed by atoms with E-state index in [-0.39, 0.29) is 72.5 Å². The molecule has 3 aliphatic rings. The summed E-state index contributed by atoms with van der Waals surface area (Å²) < 4.78 is 17.3. The second kappa shape index (κ2) is 11.6. The van der Waals surface area contributed by atoms with Gasteiger partial charge >= 0.3 is 5.97 Å². The Labute approximate surface area is 250 Å². The number of ether oxygens (including phenoxy) is 3. The Kier molecular flexibility index (Phi) is 8.77. The fourth-order valence-corrected chi connectivity index (χ4v) is 6.50. The number of ketones is 2. The SMILES string of the molecule is CC[C@]1(O)C[C@H](O[C@@H]2C[C@@H](N(C)C)[C@@H](O)[C@H](C)O2)c2c(cc3c(c2O)C(=O)c2c(O)cccc2C3=O)[C@@H]1C(=O)OC.Cl.[HH]. The third-order valence-electron chi connectivity index (χ3n) is 8.77. The van der Waals surface area contributed by atoms with Crippen LogP contribution in [0.25, 0.3) is 0 Å². The summed E-state index contributed by atoms with van der Waals surface area (Å²) in [5.74, 6) is -4.42. The summed E-state index contributed by atoms with van der Waals surface area (Å²) in [7, 11) is 4.82. The monoisotopic (exact) mass is 607 g/mol. The number of nitrogens with zero attached hydrogens (tertiary/aromatic N) is 1. The maximum absolute atomic E-state index is 13.6. The molecule has 1 aliphatic heterocycles. The van der Waals surface area contributed by atoms with Gasteiger partial charge in [-0.2, -0.15) is 0 Å². The number of methoxy groups -OCH3 is 1. The molecule has 12 heteroatoms. The van der Waals surface area contributed by atoms with Gasteiger partial charge in [-0.15, -0.1) is 12.4 Å². The van der Waals surface area contributed by atoms with Crippen LogP contribution >= 0.6 is 12.4 Å². The van der Waals surface area contributed by atoms with Crippen LogP contribution in [-0.4, -0.2) is 94.2 Å². The minimum absolute atomic E-state index is 0. The van der Waals surface area contributed by atoms with Gasteiger partial charge in [-0.1, -0.05) is 19.1 Å². The molecular formula is C30H38ClNO10. The second-order valence-corrected chi connectivity index (χ2v) is 11.3. The molecule has 0 spiro atoms. The van der Waals surface area contributed by atoms with Crippen molar-refractivity contribution in [2.24, 2.45) is 0 Å². The molecule has 0 unspecified atom stereocenters. The van der Waals surface area contributed by atoms with E-state index in [1.165, 1.54) is 31.4 Å². The number of carbonyl (C=O) groups is 3. The molecule has 2 aliphatic carbocycles. The summed E-state index contributed by atoms with van der Waals surface area (Å²) in [5, 5.41) is 44.5. The lowest BCUT2D eigenvalue weighted by molar-refractivity contribution is -0.258. The zero-order chi connectivity index (χ0) is 30.0. The van der Waals surface area contributed by atoms with Crippen LogP contribution in [-0.2, 0) is 19.0 Å². The van der Waals surface area contributed by atoms with Gasteiger partial charge in [-0.3, -0.25) is 14.4 Å². The fraction of sp³-hybridized carbons (Fsp3) is 0.500. The minimum atomic E-state index is -1.69. The van der Waals surface area contributed by atoms with Gasteiger partial charge in [0.25, 0.3) is 0 Å². The number of hydrogen-bond donors (Lipinski definition) is 4. The van der Waals surface area contributed by atoms with E-state index in [0.717, 1.165) is 0 Å². The topological polar surface area (TPSA) is 163 Å². The number of hydrogen-bond acceptors (Lipinski definition) is 11. The van der Waals surface area contributed by atoms with Gasteiger partial charge in [-0.05, 0) is 45.1 Å². The third-order valence-corrected chi connectivity index (χ3v) is 8.77. The number of phenols is 2. The zero-order valence-electron chi connectivity index (χ0n) is 24.0. The molecule has 230 valence electrons. The maximum atomic E-state index is 13.6. The van der Waals surface area contributed by atoms with Crippen LogP contribution < -0.4 is 0 Å². The van der Waals surface area contributed by atoms with Gasteiger partial charge in [0.2, 0.25) is 5.78 Å². The first-order valence-electron chi connectivity index (χ1n) is 13.6. The standard InChI is InChI=1S/C30H35NO10.ClH.H2/c1-6-30(38)12-19(41-20-11-17(31(3)4)25(33)13(2)40-20)22-15(24(30)29(37)39-5)10-16-23(28(22)36)27(35)21-14(26(16)34)8-7-9-18(21)32;;/h7-10,13,17,19-20,24-25,32-33,36,38H,6,11-12H2,1-5H3;2*1H/t13-,17+,19-,20+,24+,25-,30-;;/m0../s1. The number of benzene rings is 2. The van der Waals surface area contributed by atoms with E-state index in [0.29, 0.717) is 0 Å². The van der Waals surface area contributed by atoms with Gasteiger partial charge in [0.1, 0.15) is 17.4 Å². The molecule has 1 saturated heterocycles. The highest BCUT2D eigenvalue weighted by Crippen LogP contribution is 2.54. The van der Waals surface area contributed by atoms with E-state index in [4.69, 9.17) is 14.2 Å². The quantitative estimate of drug-likeness (QED) is 0.315. The Hall–Kier alpha value is -3.06. The Balaban J connectivity index is 0.00000253. The minimum Gasteiger partial charge on any atom is -0.507 e. The molecule has 0 saturated carbocycles. The first-order valence-corrected chi connectivity index (χ1v) is 13.6. The Bertz CT molecular complexity index is 1430. The first kappa shape index (κ1) is 31.9. The van der Waals surface area contributed by atoms with E-state index >= 15 is 0 Å². The molecule has 1 fully saturated rings. The summed E-state index contributed by atoms with van der Waals surface area (Å²) in [4.78, 5) is 42.1. The van der Waals surface area contributed by atoms with Crippen LogP contribution in [0, 0.1) is 0 Å². The van der Waals surface area contributed by atoms with Crippen molar-refractivity contribution in [3.8, 4) is 11.5 Å². The molecule has 5 rings (SSSR count). The number of esters is 1. The largest absolute Gasteiger partial charge is 0.507 e. The van der Waals surface area contributed by atoms with Gasteiger partial charge < -0.3 is 39.5 Å². The predicted molar refractivity (Wildman–Crippen MR) is 153 cm³/mol. The van der Waals surface area contributed by atoms with E-state index in [9.17, 15) is 34.8 Å². The highest BCUT2D eigenvalue weighted by Gasteiger charge is 2.53. The summed E-state index contributed by atoms with van der Waals surface area (Å²) in [6, 6.07) is 5.14. The van der Waals surface area contributed by atoms with Crippen molar-refractivity contribution in [1.29, 1.82) is 0 Å². The smallest absolute Gasteiger partial charge is 0.316 e. The predicted octanol–water partition coefficient (Wildman–Crippen LogP) is 2.83. The zero-order valence-corrected chi connectivity index (χ0v) is 24.8. The van der Waals surface area contributed by atoms with Gasteiger partial charge in [0, 0.05) is 37.0 Å². The normalized spacial score (nSPS) is 30.2. The number of aromatic hydroxyl groups is 2. The number of rotatable bonds is 5. The van der Waals surface area contributed by atoms with Crippen LogP contribution in [0.2, 0.25) is 0 Å². The molecule has 7 atom stereocenters. The highest BCUT2D eigenvalue weighted by molar-refractivity contribution is 6.30. The van der Waals surface area contributed by atoms with Crippen molar-refractivity contribution in [3.05, 3.63) is 57.6 Å². The van der Waals surface area contributed by atoms with Crippen molar-refractivity contribution in [1.82, 2.24) is 4.90 Å². The lowest BCUT2D eigenvalue weighted by atomic mass is 9.67. The van der Waals surface area contributed by atoms with Crippen LogP contribution in [0.15, 0.2) is 24.3 Å². The second-order valence-electron chi connectivity index (χ2n) is 11.3.